The topological polar surface area (TPSA) is 41.1 Å². The first-order valence-corrected chi connectivity index (χ1v) is 7.98. The summed E-state index contributed by atoms with van der Waals surface area (Å²) in [4.78, 5) is 12.0. The SMILES string of the molecule is CCCc1ccc([C@H](C)NC(=O)Nc2ccc(Cl)cc2F)cc1. The highest BCUT2D eigenvalue weighted by Crippen LogP contribution is 2.19. The van der Waals surface area contributed by atoms with Gasteiger partial charge >= 0.3 is 6.03 Å². The molecule has 2 aromatic carbocycles. The highest BCUT2D eigenvalue weighted by Gasteiger charge is 2.11. The number of benzene rings is 2. The largest absolute Gasteiger partial charge is 0.331 e. The Morgan fingerprint density at radius 1 is 1.22 bits per heavy atom. The van der Waals surface area contributed by atoms with E-state index in [0.29, 0.717) is 0 Å². The Hall–Kier alpha value is -2.07. The van der Waals surface area contributed by atoms with Gasteiger partial charge in [0.25, 0.3) is 0 Å². The van der Waals surface area contributed by atoms with Crippen LogP contribution in [0.15, 0.2) is 42.5 Å². The Kier molecular flexibility index (Phi) is 5.99. The summed E-state index contributed by atoms with van der Waals surface area (Å²) < 4.78 is 13.7. The lowest BCUT2D eigenvalue weighted by Crippen LogP contribution is -2.31. The number of carbonyl (C=O) groups is 1. The van der Waals surface area contributed by atoms with Crippen LogP contribution in [-0.2, 0) is 6.42 Å². The lowest BCUT2D eigenvalue weighted by molar-refractivity contribution is 0.249. The molecule has 5 heteroatoms. The van der Waals surface area contributed by atoms with Gasteiger partial charge in [0.15, 0.2) is 0 Å². The predicted octanol–water partition coefficient (Wildman–Crippen LogP) is 5.31. The Morgan fingerprint density at radius 3 is 2.52 bits per heavy atom. The third-order valence-electron chi connectivity index (χ3n) is 3.55. The number of rotatable bonds is 5. The lowest BCUT2D eigenvalue weighted by atomic mass is 10.0. The van der Waals surface area contributed by atoms with Crippen molar-refractivity contribution in [3.05, 3.63) is 64.4 Å². The number of nitrogens with one attached hydrogen (secondary N) is 2. The number of aryl methyl sites for hydroxylation is 1. The highest BCUT2D eigenvalue weighted by molar-refractivity contribution is 6.30. The van der Waals surface area contributed by atoms with E-state index in [0.717, 1.165) is 24.5 Å². The monoisotopic (exact) mass is 334 g/mol. The summed E-state index contributed by atoms with van der Waals surface area (Å²) in [5.74, 6) is -0.566. The van der Waals surface area contributed by atoms with Gasteiger partial charge in [-0.25, -0.2) is 9.18 Å². The van der Waals surface area contributed by atoms with Crippen LogP contribution in [0.2, 0.25) is 5.02 Å². The molecule has 0 aliphatic rings. The number of amides is 2. The van der Waals surface area contributed by atoms with Crippen LogP contribution in [0.5, 0.6) is 0 Å². The van der Waals surface area contributed by atoms with Crippen LogP contribution in [0.25, 0.3) is 0 Å². The first-order chi connectivity index (χ1) is 11.0. The van der Waals surface area contributed by atoms with Gasteiger partial charge in [0, 0.05) is 5.02 Å². The van der Waals surface area contributed by atoms with Crippen LogP contribution in [0.3, 0.4) is 0 Å². The van der Waals surface area contributed by atoms with Crippen molar-refractivity contribution in [3.63, 3.8) is 0 Å². The van der Waals surface area contributed by atoms with Crippen molar-refractivity contribution >= 4 is 23.3 Å². The standard InChI is InChI=1S/C18H20ClFN2O/c1-3-4-13-5-7-14(8-6-13)12(2)21-18(23)22-17-10-9-15(19)11-16(17)20/h5-12H,3-4H2,1-2H3,(H2,21,22,23)/t12-/m0/s1. The van der Waals surface area contributed by atoms with Crippen LogP contribution in [0.4, 0.5) is 14.9 Å². The van der Waals surface area contributed by atoms with E-state index in [4.69, 9.17) is 11.6 Å². The van der Waals surface area contributed by atoms with Gasteiger partial charge in [0.2, 0.25) is 0 Å². The summed E-state index contributed by atoms with van der Waals surface area (Å²) in [6, 6.07) is 11.6. The fourth-order valence-corrected chi connectivity index (χ4v) is 2.45. The van der Waals surface area contributed by atoms with Crippen LogP contribution in [-0.4, -0.2) is 6.03 Å². The van der Waals surface area contributed by atoms with Crippen molar-refractivity contribution in [2.24, 2.45) is 0 Å². The Labute approximate surface area is 140 Å². The number of hydrogen-bond donors (Lipinski definition) is 2. The molecule has 1 atom stereocenters. The summed E-state index contributed by atoms with van der Waals surface area (Å²) in [6.07, 6.45) is 2.14. The third kappa shape index (κ3) is 4.96. The second-order valence-electron chi connectivity index (χ2n) is 5.44. The summed E-state index contributed by atoms with van der Waals surface area (Å²) in [5.41, 5.74) is 2.37. The molecule has 0 unspecified atom stereocenters. The molecule has 0 aliphatic carbocycles. The van der Waals surface area contributed by atoms with Crippen LogP contribution in [0.1, 0.15) is 37.4 Å². The molecule has 0 aliphatic heterocycles. The molecule has 0 radical (unpaired) electrons. The zero-order valence-electron chi connectivity index (χ0n) is 13.2. The molecule has 0 saturated heterocycles. The second-order valence-corrected chi connectivity index (χ2v) is 5.87. The number of halogens is 2. The number of hydrogen-bond acceptors (Lipinski definition) is 1. The molecule has 0 bridgehead atoms. The number of carbonyl (C=O) groups excluding carboxylic acids is 1. The normalized spacial score (nSPS) is 11.8. The van der Waals surface area contributed by atoms with Gasteiger partial charge in [-0.15, -0.1) is 0 Å². The molecule has 2 aromatic rings. The summed E-state index contributed by atoms with van der Waals surface area (Å²) in [5, 5.41) is 5.56. The van der Waals surface area contributed by atoms with E-state index in [-0.39, 0.29) is 16.8 Å². The summed E-state index contributed by atoms with van der Waals surface area (Å²) in [7, 11) is 0. The first kappa shape index (κ1) is 17.3. The zero-order valence-corrected chi connectivity index (χ0v) is 14.0. The molecule has 0 fully saturated rings. The fourth-order valence-electron chi connectivity index (χ4n) is 2.29. The molecular weight excluding hydrogens is 315 g/mol. The van der Waals surface area contributed by atoms with Gasteiger partial charge in [-0.1, -0.05) is 49.2 Å². The minimum absolute atomic E-state index is 0.0948. The highest BCUT2D eigenvalue weighted by atomic mass is 35.5. The quantitative estimate of drug-likeness (QED) is 0.764. The van der Waals surface area contributed by atoms with E-state index in [9.17, 15) is 9.18 Å². The van der Waals surface area contributed by atoms with Gasteiger partial charge in [-0.05, 0) is 42.7 Å². The van der Waals surface area contributed by atoms with Crippen LogP contribution in [0, 0.1) is 5.82 Å². The van der Waals surface area contributed by atoms with E-state index in [1.54, 1.807) is 0 Å². The zero-order chi connectivity index (χ0) is 16.8. The van der Waals surface area contributed by atoms with E-state index in [2.05, 4.69) is 29.7 Å². The van der Waals surface area contributed by atoms with Crippen molar-refractivity contribution in [2.45, 2.75) is 32.7 Å². The van der Waals surface area contributed by atoms with E-state index in [1.165, 1.54) is 17.7 Å². The van der Waals surface area contributed by atoms with Crippen LogP contribution < -0.4 is 10.6 Å². The first-order valence-electron chi connectivity index (χ1n) is 7.61. The Morgan fingerprint density at radius 2 is 1.91 bits per heavy atom. The van der Waals surface area contributed by atoms with Gasteiger partial charge < -0.3 is 10.6 Å². The molecule has 0 saturated carbocycles. The second kappa shape index (κ2) is 7.97. The Balaban J connectivity index is 1.96. The van der Waals surface area contributed by atoms with E-state index >= 15 is 0 Å². The molecular formula is C18H20ClFN2O. The Bertz CT molecular complexity index is 673. The molecule has 0 aromatic heterocycles. The van der Waals surface area contributed by atoms with Gasteiger partial charge in [0.05, 0.1) is 11.7 Å². The molecule has 122 valence electrons. The average molecular weight is 335 g/mol. The fraction of sp³-hybridized carbons (Fsp3) is 0.278. The van der Waals surface area contributed by atoms with Gasteiger partial charge in [-0.3, -0.25) is 0 Å². The average Bonchev–Trinajstić information content (AvgIpc) is 2.51. The molecule has 2 N–H and O–H groups in total. The summed E-state index contributed by atoms with van der Waals surface area (Å²) in [6.45, 7) is 4.02. The maximum atomic E-state index is 13.7. The molecule has 3 nitrogen and oxygen atoms in total. The minimum atomic E-state index is -0.566. The maximum Gasteiger partial charge on any atom is 0.319 e. The van der Waals surface area contributed by atoms with Crippen molar-refractivity contribution in [2.75, 3.05) is 5.32 Å². The lowest BCUT2D eigenvalue weighted by Gasteiger charge is -2.16. The number of anilines is 1. The smallest absolute Gasteiger partial charge is 0.319 e. The predicted molar refractivity (Wildman–Crippen MR) is 92.4 cm³/mol. The molecule has 0 heterocycles. The van der Waals surface area contributed by atoms with Gasteiger partial charge in [0.1, 0.15) is 5.82 Å². The van der Waals surface area contributed by atoms with Crippen molar-refractivity contribution in [1.82, 2.24) is 5.32 Å². The van der Waals surface area contributed by atoms with Crippen LogP contribution >= 0.6 is 11.6 Å². The summed E-state index contributed by atoms with van der Waals surface area (Å²) >= 11 is 5.68. The molecule has 2 rings (SSSR count). The van der Waals surface area contributed by atoms with E-state index in [1.807, 2.05) is 19.1 Å². The molecule has 2 amide bonds. The van der Waals surface area contributed by atoms with Crippen molar-refractivity contribution in [1.29, 1.82) is 0 Å². The van der Waals surface area contributed by atoms with E-state index < -0.39 is 11.8 Å². The minimum Gasteiger partial charge on any atom is -0.331 e. The molecule has 23 heavy (non-hydrogen) atoms. The maximum absolute atomic E-state index is 13.7. The third-order valence-corrected chi connectivity index (χ3v) is 3.78. The molecule has 0 spiro atoms. The number of urea groups is 1. The van der Waals surface area contributed by atoms with Crippen molar-refractivity contribution in [3.8, 4) is 0 Å². The van der Waals surface area contributed by atoms with Crippen molar-refractivity contribution < 1.29 is 9.18 Å². The van der Waals surface area contributed by atoms with Gasteiger partial charge in [-0.2, -0.15) is 0 Å².